The predicted octanol–water partition coefficient (Wildman–Crippen LogP) is 4.09. The average molecular weight is 413 g/mol. The summed E-state index contributed by atoms with van der Waals surface area (Å²) in [6.45, 7) is 4.64. The van der Waals surface area contributed by atoms with Gasteiger partial charge in [-0.05, 0) is 55.7 Å². The topological polar surface area (TPSA) is 76.3 Å². The van der Waals surface area contributed by atoms with E-state index < -0.39 is 0 Å². The number of carbonyl (C=O) groups is 1. The van der Waals surface area contributed by atoms with E-state index in [4.69, 9.17) is 9.47 Å². The molecular formula is C25H23N3O3. The number of aryl methyl sites for hydroxylation is 1. The molecule has 1 aliphatic heterocycles. The van der Waals surface area contributed by atoms with Crippen LogP contribution < -0.4 is 14.8 Å². The fourth-order valence-electron chi connectivity index (χ4n) is 3.72. The molecule has 2 heterocycles. The second kappa shape index (κ2) is 8.80. The molecule has 0 bridgehead atoms. The highest BCUT2D eigenvalue weighted by Crippen LogP contribution is 2.35. The van der Waals surface area contributed by atoms with Crippen molar-refractivity contribution >= 4 is 12.0 Å². The van der Waals surface area contributed by atoms with Gasteiger partial charge in [0.1, 0.15) is 11.6 Å². The van der Waals surface area contributed by atoms with Crippen molar-refractivity contribution in [2.24, 2.45) is 0 Å². The van der Waals surface area contributed by atoms with Crippen LogP contribution in [0.25, 0.3) is 11.8 Å². The number of ether oxygens (including phenoxy) is 2. The third kappa shape index (κ3) is 4.31. The summed E-state index contributed by atoms with van der Waals surface area (Å²) < 4.78 is 12.9. The number of fused-ring (bicyclic) bond motifs is 1. The zero-order chi connectivity index (χ0) is 21.8. The molecule has 3 aromatic rings. The zero-order valence-electron chi connectivity index (χ0n) is 17.5. The third-order valence-electron chi connectivity index (χ3n) is 5.29. The second-order valence-electron chi connectivity index (χ2n) is 7.36. The number of rotatable bonds is 6. The van der Waals surface area contributed by atoms with Crippen molar-refractivity contribution < 1.29 is 14.3 Å². The standard InChI is InChI=1S/C25H23N3O3/c1-17-12-20(18(2)28(17)22-8-9-23-24(14-22)31-16-30-23)13-21(15-26)25(29)27-11-10-19-6-4-3-5-7-19/h3-9,12-14H,10-11,16H2,1-2H3,(H,27,29)/b21-13+. The summed E-state index contributed by atoms with van der Waals surface area (Å²) in [5.41, 5.74) is 4.90. The Balaban J connectivity index is 1.52. The first kappa shape index (κ1) is 20.3. The molecule has 0 unspecified atom stereocenters. The molecule has 0 atom stereocenters. The molecule has 1 aliphatic rings. The first-order valence-corrected chi connectivity index (χ1v) is 10.1. The summed E-state index contributed by atoms with van der Waals surface area (Å²) in [5, 5.41) is 12.4. The predicted molar refractivity (Wildman–Crippen MR) is 118 cm³/mol. The fourth-order valence-corrected chi connectivity index (χ4v) is 3.72. The van der Waals surface area contributed by atoms with Crippen LogP contribution in [0.2, 0.25) is 0 Å². The molecule has 2 aromatic carbocycles. The molecule has 6 nitrogen and oxygen atoms in total. The van der Waals surface area contributed by atoms with Gasteiger partial charge in [0, 0.05) is 29.7 Å². The Morgan fingerprint density at radius 3 is 2.68 bits per heavy atom. The molecule has 0 saturated heterocycles. The van der Waals surface area contributed by atoms with Crippen LogP contribution in [0.5, 0.6) is 11.5 Å². The van der Waals surface area contributed by atoms with Crippen molar-refractivity contribution in [3.05, 3.63) is 82.7 Å². The van der Waals surface area contributed by atoms with Gasteiger partial charge in [0.25, 0.3) is 5.91 Å². The lowest BCUT2D eigenvalue weighted by atomic mass is 10.1. The Morgan fingerprint density at radius 1 is 1.13 bits per heavy atom. The highest BCUT2D eigenvalue weighted by Gasteiger charge is 2.17. The van der Waals surface area contributed by atoms with E-state index >= 15 is 0 Å². The summed E-state index contributed by atoms with van der Waals surface area (Å²) in [7, 11) is 0. The maximum Gasteiger partial charge on any atom is 0.261 e. The number of nitriles is 1. The van der Waals surface area contributed by atoms with E-state index in [1.165, 1.54) is 0 Å². The fraction of sp³-hybridized carbons (Fsp3) is 0.200. The number of benzene rings is 2. The minimum Gasteiger partial charge on any atom is -0.454 e. The van der Waals surface area contributed by atoms with E-state index in [0.29, 0.717) is 18.7 Å². The van der Waals surface area contributed by atoms with Crippen LogP contribution in [-0.2, 0) is 11.2 Å². The molecule has 1 amide bonds. The normalized spacial score (nSPS) is 12.5. The summed E-state index contributed by atoms with van der Waals surface area (Å²) in [6, 6.07) is 19.7. The molecule has 0 fully saturated rings. The molecule has 0 saturated carbocycles. The number of amides is 1. The number of nitrogens with one attached hydrogen (secondary N) is 1. The van der Waals surface area contributed by atoms with Crippen molar-refractivity contribution in [2.75, 3.05) is 13.3 Å². The molecule has 1 aromatic heterocycles. The van der Waals surface area contributed by atoms with Crippen molar-refractivity contribution in [1.29, 1.82) is 5.26 Å². The number of carbonyl (C=O) groups excluding carboxylic acids is 1. The van der Waals surface area contributed by atoms with Crippen LogP contribution >= 0.6 is 0 Å². The van der Waals surface area contributed by atoms with Gasteiger partial charge in [-0.1, -0.05) is 30.3 Å². The summed E-state index contributed by atoms with van der Waals surface area (Å²) in [6.07, 6.45) is 2.35. The van der Waals surface area contributed by atoms with E-state index in [1.54, 1.807) is 6.08 Å². The number of nitrogens with zero attached hydrogens (tertiary/aromatic N) is 2. The number of aromatic nitrogens is 1. The first-order chi connectivity index (χ1) is 15.1. The van der Waals surface area contributed by atoms with E-state index in [1.807, 2.05) is 74.5 Å². The maximum atomic E-state index is 12.5. The van der Waals surface area contributed by atoms with Gasteiger partial charge in [0.15, 0.2) is 11.5 Å². The minimum atomic E-state index is -0.369. The zero-order valence-corrected chi connectivity index (χ0v) is 17.5. The Kier molecular flexibility index (Phi) is 5.76. The van der Waals surface area contributed by atoms with Gasteiger partial charge in [-0.15, -0.1) is 0 Å². The molecule has 6 heteroatoms. The van der Waals surface area contributed by atoms with Crippen LogP contribution in [0.3, 0.4) is 0 Å². The van der Waals surface area contributed by atoms with Crippen LogP contribution in [-0.4, -0.2) is 23.8 Å². The van der Waals surface area contributed by atoms with E-state index in [9.17, 15) is 10.1 Å². The highest BCUT2D eigenvalue weighted by molar-refractivity contribution is 6.01. The first-order valence-electron chi connectivity index (χ1n) is 10.1. The van der Waals surface area contributed by atoms with Gasteiger partial charge >= 0.3 is 0 Å². The second-order valence-corrected chi connectivity index (χ2v) is 7.36. The Labute approximate surface area is 181 Å². The number of hydrogen-bond acceptors (Lipinski definition) is 4. The lowest BCUT2D eigenvalue weighted by Crippen LogP contribution is -2.26. The van der Waals surface area contributed by atoms with Gasteiger partial charge in [-0.3, -0.25) is 4.79 Å². The molecule has 1 N–H and O–H groups in total. The monoisotopic (exact) mass is 413 g/mol. The molecular weight excluding hydrogens is 390 g/mol. The molecule has 31 heavy (non-hydrogen) atoms. The molecule has 4 rings (SSSR count). The van der Waals surface area contributed by atoms with Crippen LogP contribution in [0.1, 0.15) is 22.5 Å². The van der Waals surface area contributed by atoms with Crippen LogP contribution in [0.4, 0.5) is 0 Å². The van der Waals surface area contributed by atoms with E-state index in [2.05, 4.69) is 9.88 Å². The third-order valence-corrected chi connectivity index (χ3v) is 5.29. The Morgan fingerprint density at radius 2 is 1.90 bits per heavy atom. The van der Waals surface area contributed by atoms with Crippen LogP contribution in [0.15, 0.2) is 60.2 Å². The highest BCUT2D eigenvalue weighted by atomic mass is 16.7. The SMILES string of the molecule is Cc1cc(/C=C(\C#N)C(=O)NCCc2ccccc2)c(C)n1-c1ccc2c(c1)OCO2. The largest absolute Gasteiger partial charge is 0.454 e. The Bertz CT molecular complexity index is 1190. The smallest absolute Gasteiger partial charge is 0.261 e. The molecule has 156 valence electrons. The lowest BCUT2D eigenvalue weighted by Gasteiger charge is -2.10. The van der Waals surface area contributed by atoms with Gasteiger partial charge in [-0.25, -0.2) is 0 Å². The molecule has 0 aliphatic carbocycles. The summed E-state index contributed by atoms with van der Waals surface area (Å²) in [4.78, 5) is 12.5. The summed E-state index contributed by atoms with van der Waals surface area (Å²) in [5.74, 6) is 1.06. The number of hydrogen-bond donors (Lipinski definition) is 1. The van der Waals surface area contributed by atoms with E-state index in [0.717, 1.165) is 34.0 Å². The Hall–Kier alpha value is -3.98. The van der Waals surface area contributed by atoms with Gasteiger partial charge in [0.2, 0.25) is 6.79 Å². The van der Waals surface area contributed by atoms with Crippen LogP contribution in [0, 0.1) is 25.2 Å². The van der Waals surface area contributed by atoms with Gasteiger partial charge < -0.3 is 19.4 Å². The van der Waals surface area contributed by atoms with Crippen molar-refractivity contribution in [2.45, 2.75) is 20.3 Å². The van der Waals surface area contributed by atoms with Crippen molar-refractivity contribution in [1.82, 2.24) is 9.88 Å². The van der Waals surface area contributed by atoms with Gasteiger partial charge in [-0.2, -0.15) is 5.26 Å². The maximum absolute atomic E-state index is 12.5. The average Bonchev–Trinajstić information content (AvgIpc) is 3.35. The van der Waals surface area contributed by atoms with Crippen molar-refractivity contribution in [3.63, 3.8) is 0 Å². The molecule has 0 radical (unpaired) electrons. The summed E-state index contributed by atoms with van der Waals surface area (Å²) >= 11 is 0. The van der Waals surface area contributed by atoms with Crippen molar-refractivity contribution in [3.8, 4) is 23.3 Å². The molecule has 0 spiro atoms. The quantitative estimate of drug-likeness (QED) is 0.488. The lowest BCUT2D eigenvalue weighted by molar-refractivity contribution is -0.117. The minimum absolute atomic E-state index is 0.0824. The van der Waals surface area contributed by atoms with Gasteiger partial charge in [0.05, 0.1) is 0 Å². The van der Waals surface area contributed by atoms with E-state index in [-0.39, 0.29) is 18.3 Å².